The highest BCUT2D eigenvalue weighted by atomic mass is 35.5. The van der Waals surface area contributed by atoms with E-state index in [0.29, 0.717) is 29.9 Å². The first-order valence-corrected chi connectivity index (χ1v) is 8.54. The molecule has 0 atom stereocenters. The lowest BCUT2D eigenvalue weighted by molar-refractivity contribution is 0.0196. The summed E-state index contributed by atoms with van der Waals surface area (Å²) in [6, 6.07) is 1.79. The second-order valence-corrected chi connectivity index (χ2v) is 6.97. The molecule has 25 heavy (non-hydrogen) atoms. The molecular weight excluding hydrogens is 352 g/mol. The highest BCUT2D eigenvalue weighted by Crippen LogP contribution is 2.32. The Labute approximate surface area is 149 Å². The molecule has 1 aliphatic carbocycles. The summed E-state index contributed by atoms with van der Waals surface area (Å²) < 4.78 is 26.2. The molecule has 0 amide bonds. The maximum Gasteiger partial charge on any atom is 0.257 e. The number of aliphatic hydroxyl groups is 1. The molecule has 1 fully saturated rings. The minimum Gasteiger partial charge on any atom is -0.390 e. The van der Waals surface area contributed by atoms with Gasteiger partial charge < -0.3 is 10.4 Å². The van der Waals surface area contributed by atoms with Crippen molar-refractivity contribution >= 4 is 17.4 Å². The van der Waals surface area contributed by atoms with Crippen LogP contribution in [0.1, 0.15) is 32.6 Å². The van der Waals surface area contributed by atoms with Crippen molar-refractivity contribution in [2.75, 3.05) is 5.32 Å². The molecule has 3 rings (SSSR count). The van der Waals surface area contributed by atoms with Crippen LogP contribution in [-0.4, -0.2) is 42.9 Å². The fraction of sp³-hybridized carbons (Fsp3) is 0.562. The van der Waals surface area contributed by atoms with E-state index in [9.17, 15) is 13.9 Å². The molecule has 0 spiro atoms. The Morgan fingerprint density at radius 2 is 2.16 bits per heavy atom. The summed E-state index contributed by atoms with van der Waals surface area (Å²) in [5.41, 5.74) is 0.482. The number of aromatic nitrogens is 4. The van der Waals surface area contributed by atoms with Crippen molar-refractivity contribution in [3.63, 3.8) is 0 Å². The van der Waals surface area contributed by atoms with Crippen LogP contribution in [0.4, 0.5) is 14.6 Å². The fourth-order valence-corrected chi connectivity index (χ4v) is 3.12. The Hall–Kier alpha value is -1.80. The van der Waals surface area contributed by atoms with E-state index >= 15 is 0 Å². The molecule has 136 valence electrons. The van der Waals surface area contributed by atoms with Gasteiger partial charge in [0.2, 0.25) is 5.28 Å². The van der Waals surface area contributed by atoms with E-state index in [0.717, 1.165) is 12.8 Å². The number of rotatable bonds is 5. The molecule has 0 bridgehead atoms. The van der Waals surface area contributed by atoms with Crippen molar-refractivity contribution in [1.29, 1.82) is 0 Å². The van der Waals surface area contributed by atoms with Crippen LogP contribution in [0.2, 0.25) is 5.28 Å². The van der Waals surface area contributed by atoms with E-state index < -0.39 is 18.6 Å². The minimum atomic E-state index is -2.47. The number of halogens is 3. The molecule has 2 N–H and O–H groups in total. The molecule has 9 heteroatoms. The topological polar surface area (TPSA) is 75.9 Å². The molecule has 2 aromatic rings. The predicted octanol–water partition coefficient (Wildman–Crippen LogP) is 3.36. The van der Waals surface area contributed by atoms with Crippen LogP contribution in [0.25, 0.3) is 11.3 Å². The molecule has 0 radical (unpaired) electrons. The van der Waals surface area contributed by atoms with Gasteiger partial charge in [0.05, 0.1) is 16.9 Å². The molecule has 2 heterocycles. The summed E-state index contributed by atoms with van der Waals surface area (Å²) >= 11 is 5.91. The first-order valence-electron chi connectivity index (χ1n) is 8.16. The SMILES string of the molecule is CC1(O)CCC(Nc2nc(Cl)ncc2-c2ccn(CC(F)F)n2)CC1. The van der Waals surface area contributed by atoms with Crippen LogP contribution in [0.15, 0.2) is 18.5 Å². The molecule has 0 unspecified atom stereocenters. The first kappa shape index (κ1) is 18.0. The zero-order chi connectivity index (χ0) is 18.0. The summed E-state index contributed by atoms with van der Waals surface area (Å²) in [5, 5.41) is 17.7. The minimum absolute atomic E-state index is 0.0982. The van der Waals surface area contributed by atoms with Crippen LogP contribution < -0.4 is 5.32 Å². The van der Waals surface area contributed by atoms with Gasteiger partial charge in [-0.1, -0.05) is 0 Å². The van der Waals surface area contributed by atoms with Crippen LogP contribution in [0.3, 0.4) is 0 Å². The van der Waals surface area contributed by atoms with Crippen LogP contribution in [0, 0.1) is 0 Å². The highest BCUT2D eigenvalue weighted by molar-refractivity contribution is 6.28. The van der Waals surface area contributed by atoms with Crippen molar-refractivity contribution in [1.82, 2.24) is 19.7 Å². The van der Waals surface area contributed by atoms with Gasteiger partial charge >= 0.3 is 0 Å². The molecule has 0 saturated heterocycles. The largest absolute Gasteiger partial charge is 0.390 e. The lowest BCUT2D eigenvalue weighted by atomic mass is 9.83. The second-order valence-electron chi connectivity index (χ2n) is 6.63. The lowest BCUT2D eigenvalue weighted by Crippen LogP contribution is -2.36. The number of hydrogen-bond donors (Lipinski definition) is 2. The normalized spacial score (nSPS) is 23.8. The van der Waals surface area contributed by atoms with E-state index in [4.69, 9.17) is 11.6 Å². The van der Waals surface area contributed by atoms with Gasteiger partial charge in [-0.15, -0.1) is 0 Å². The number of nitrogens with zero attached hydrogens (tertiary/aromatic N) is 4. The Morgan fingerprint density at radius 3 is 2.84 bits per heavy atom. The monoisotopic (exact) mass is 371 g/mol. The zero-order valence-electron chi connectivity index (χ0n) is 13.8. The zero-order valence-corrected chi connectivity index (χ0v) is 14.5. The van der Waals surface area contributed by atoms with Crippen molar-refractivity contribution in [2.45, 2.75) is 57.2 Å². The summed E-state index contributed by atoms with van der Waals surface area (Å²) in [6.07, 6.45) is 3.55. The van der Waals surface area contributed by atoms with Gasteiger partial charge in [-0.2, -0.15) is 5.10 Å². The van der Waals surface area contributed by atoms with Crippen LogP contribution in [0.5, 0.6) is 0 Å². The van der Waals surface area contributed by atoms with E-state index in [2.05, 4.69) is 20.4 Å². The average molecular weight is 372 g/mol. The van der Waals surface area contributed by atoms with Gasteiger partial charge in [0.25, 0.3) is 6.43 Å². The highest BCUT2D eigenvalue weighted by Gasteiger charge is 2.29. The third-order valence-electron chi connectivity index (χ3n) is 4.40. The van der Waals surface area contributed by atoms with E-state index in [1.807, 2.05) is 6.92 Å². The Kier molecular flexibility index (Phi) is 5.19. The number of hydrogen-bond acceptors (Lipinski definition) is 5. The maximum absolute atomic E-state index is 12.5. The first-order chi connectivity index (χ1) is 11.8. The van der Waals surface area contributed by atoms with Gasteiger partial charge in [-0.05, 0) is 50.3 Å². The maximum atomic E-state index is 12.5. The summed E-state index contributed by atoms with van der Waals surface area (Å²) in [7, 11) is 0. The van der Waals surface area contributed by atoms with Crippen molar-refractivity contribution in [3.8, 4) is 11.3 Å². The molecule has 1 aliphatic rings. The van der Waals surface area contributed by atoms with Crippen molar-refractivity contribution in [3.05, 3.63) is 23.7 Å². The van der Waals surface area contributed by atoms with E-state index in [1.165, 1.54) is 17.1 Å². The van der Waals surface area contributed by atoms with Crippen molar-refractivity contribution < 1.29 is 13.9 Å². The lowest BCUT2D eigenvalue weighted by Gasteiger charge is -2.33. The third kappa shape index (κ3) is 4.64. The summed E-state index contributed by atoms with van der Waals surface area (Å²) in [6.45, 7) is 1.38. The summed E-state index contributed by atoms with van der Waals surface area (Å²) in [4.78, 5) is 8.21. The molecule has 0 aromatic carbocycles. The van der Waals surface area contributed by atoms with E-state index in [1.54, 1.807) is 6.07 Å². The number of nitrogens with one attached hydrogen (secondary N) is 1. The fourth-order valence-electron chi connectivity index (χ4n) is 2.98. The number of alkyl halides is 2. The molecule has 6 nitrogen and oxygen atoms in total. The molecule has 2 aromatic heterocycles. The molecular formula is C16H20ClF2N5O. The quantitative estimate of drug-likeness (QED) is 0.788. The third-order valence-corrected chi connectivity index (χ3v) is 4.59. The van der Waals surface area contributed by atoms with Gasteiger partial charge in [-0.3, -0.25) is 4.68 Å². The van der Waals surface area contributed by atoms with Gasteiger partial charge in [0.1, 0.15) is 12.4 Å². The molecule has 0 aliphatic heterocycles. The van der Waals surface area contributed by atoms with Gasteiger partial charge in [0, 0.05) is 18.4 Å². The van der Waals surface area contributed by atoms with Gasteiger partial charge in [-0.25, -0.2) is 18.7 Å². The van der Waals surface area contributed by atoms with Crippen LogP contribution >= 0.6 is 11.6 Å². The second kappa shape index (κ2) is 7.21. The van der Waals surface area contributed by atoms with Gasteiger partial charge in [0.15, 0.2) is 0 Å². The Morgan fingerprint density at radius 1 is 1.44 bits per heavy atom. The predicted molar refractivity (Wildman–Crippen MR) is 90.8 cm³/mol. The smallest absolute Gasteiger partial charge is 0.257 e. The van der Waals surface area contributed by atoms with Crippen LogP contribution in [-0.2, 0) is 6.54 Å². The molecule has 1 saturated carbocycles. The Bertz CT molecular complexity index is 727. The summed E-state index contributed by atoms with van der Waals surface area (Å²) in [5.74, 6) is 0.522. The Balaban J connectivity index is 1.80. The van der Waals surface area contributed by atoms with Crippen molar-refractivity contribution in [2.24, 2.45) is 0 Å². The number of anilines is 1. The average Bonchev–Trinajstić information content (AvgIpc) is 2.97. The van der Waals surface area contributed by atoms with E-state index in [-0.39, 0.29) is 11.3 Å². The standard InChI is InChI=1S/C16H20ClF2N5O/c1-16(25)5-2-10(3-6-16)21-14-11(8-20-15(17)22-14)12-4-7-24(23-12)9-13(18)19/h4,7-8,10,13,25H,2-3,5-6,9H2,1H3,(H,20,21,22).